The number of carbonyl (C=O) groups excluding carboxylic acids is 2. The number of anilines is 1. The van der Waals surface area contributed by atoms with Crippen molar-refractivity contribution in [2.24, 2.45) is 0 Å². The van der Waals surface area contributed by atoms with Crippen molar-refractivity contribution in [1.82, 2.24) is 24.5 Å². The second-order valence-corrected chi connectivity index (χ2v) is 9.70. The lowest BCUT2D eigenvalue weighted by molar-refractivity contribution is 0.0984. The summed E-state index contributed by atoms with van der Waals surface area (Å²) in [6, 6.07) is 16.7. The van der Waals surface area contributed by atoms with E-state index < -0.39 is 0 Å². The van der Waals surface area contributed by atoms with E-state index in [2.05, 4.69) is 20.6 Å². The summed E-state index contributed by atoms with van der Waals surface area (Å²) >= 11 is 7.18. The van der Waals surface area contributed by atoms with E-state index in [4.69, 9.17) is 11.6 Å². The van der Waals surface area contributed by atoms with Crippen LogP contribution in [0.15, 0.2) is 90.2 Å². The number of nitrogens with one attached hydrogen (secondary N) is 1. The van der Waals surface area contributed by atoms with Crippen LogP contribution in [-0.4, -0.2) is 36.2 Å². The molecule has 0 radical (unpaired) electrons. The Kier molecular flexibility index (Phi) is 7.02. The van der Waals surface area contributed by atoms with Crippen molar-refractivity contribution >= 4 is 40.3 Å². The maximum atomic E-state index is 12.9. The normalized spacial score (nSPS) is 10.8. The average Bonchev–Trinajstić information content (AvgIpc) is 3.57. The molecule has 0 aliphatic rings. The van der Waals surface area contributed by atoms with Gasteiger partial charge in [-0.15, -0.1) is 16.4 Å². The van der Waals surface area contributed by atoms with Crippen molar-refractivity contribution in [2.75, 3.05) is 5.32 Å². The summed E-state index contributed by atoms with van der Waals surface area (Å²) in [7, 11) is 0. The number of halogens is 1. The lowest BCUT2D eigenvalue weighted by Crippen LogP contribution is -2.18. The summed E-state index contributed by atoms with van der Waals surface area (Å²) in [6.45, 7) is 0. The second-order valence-electron chi connectivity index (χ2n) is 7.98. The Bertz CT molecular complexity index is 1640. The fourth-order valence-electron chi connectivity index (χ4n) is 3.67. The topological polar surface area (TPSA) is 112 Å². The molecule has 37 heavy (non-hydrogen) atoms. The number of aromatic nitrogens is 5. The molecule has 0 aliphatic heterocycles. The molecular formula is C26H19ClN6O3S. The number of hydrogen-bond donors (Lipinski definition) is 1. The molecule has 0 bridgehead atoms. The molecule has 0 atom stereocenters. The van der Waals surface area contributed by atoms with Crippen LogP contribution in [0.2, 0.25) is 4.34 Å². The van der Waals surface area contributed by atoms with E-state index in [1.165, 1.54) is 39.0 Å². The SMILES string of the molecule is O=C(Nc1cc(-n2ccccc2=O)ccc1-n1cc(CCC(=O)c2ccc(Cl)s2)nn1)c1ccncc1. The van der Waals surface area contributed by atoms with Gasteiger partial charge in [-0.05, 0) is 48.5 Å². The number of carbonyl (C=O) groups is 2. The van der Waals surface area contributed by atoms with Crippen LogP contribution in [0.25, 0.3) is 11.4 Å². The largest absolute Gasteiger partial charge is 0.320 e. The van der Waals surface area contributed by atoms with Crippen LogP contribution in [0.4, 0.5) is 5.69 Å². The number of thiophene rings is 1. The number of hydrogen-bond acceptors (Lipinski definition) is 7. The third-order valence-electron chi connectivity index (χ3n) is 5.52. The molecule has 9 nitrogen and oxygen atoms in total. The molecule has 0 saturated carbocycles. The van der Waals surface area contributed by atoms with Gasteiger partial charge in [0, 0.05) is 43.1 Å². The zero-order valence-electron chi connectivity index (χ0n) is 19.2. The maximum absolute atomic E-state index is 12.9. The average molecular weight is 531 g/mol. The molecule has 184 valence electrons. The van der Waals surface area contributed by atoms with E-state index in [1.54, 1.807) is 67.0 Å². The van der Waals surface area contributed by atoms with E-state index in [0.29, 0.717) is 44.0 Å². The number of aryl methyl sites for hydroxylation is 1. The number of amides is 1. The van der Waals surface area contributed by atoms with Crippen LogP contribution < -0.4 is 10.9 Å². The Morgan fingerprint density at radius 2 is 1.86 bits per heavy atom. The lowest BCUT2D eigenvalue weighted by atomic mass is 10.1. The monoisotopic (exact) mass is 530 g/mol. The number of Topliss-reactive ketones (excluding diaryl/α,β-unsaturated/α-hetero) is 1. The van der Waals surface area contributed by atoms with Gasteiger partial charge in [0.1, 0.15) is 0 Å². The summed E-state index contributed by atoms with van der Waals surface area (Å²) in [5, 5.41) is 11.3. The summed E-state index contributed by atoms with van der Waals surface area (Å²) in [5.74, 6) is -0.365. The van der Waals surface area contributed by atoms with E-state index in [1.807, 2.05) is 0 Å². The van der Waals surface area contributed by atoms with Gasteiger partial charge in [0.2, 0.25) is 0 Å². The van der Waals surface area contributed by atoms with Crippen LogP contribution in [0.1, 0.15) is 32.1 Å². The van der Waals surface area contributed by atoms with E-state index >= 15 is 0 Å². The van der Waals surface area contributed by atoms with Gasteiger partial charge < -0.3 is 5.32 Å². The minimum Gasteiger partial charge on any atom is -0.320 e. The maximum Gasteiger partial charge on any atom is 0.255 e. The number of pyridine rings is 2. The van der Waals surface area contributed by atoms with Crippen LogP contribution >= 0.6 is 22.9 Å². The summed E-state index contributed by atoms with van der Waals surface area (Å²) in [6.07, 6.45) is 7.08. The molecular weight excluding hydrogens is 512 g/mol. The first-order chi connectivity index (χ1) is 18.0. The highest BCUT2D eigenvalue weighted by Crippen LogP contribution is 2.25. The van der Waals surface area contributed by atoms with Gasteiger partial charge in [-0.3, -0.25) is 23.9 Å². The smallest absolute Gasteiger partial charge is 0.255 e. The minimum absolute atomic E-state index is 0.0191. The number of benzene rings is 1. The molecule has 11 heteroatoms. The van der Waals surface area contributed by atoms with Gasteiger partial charge in [0.05, 0.1) is 38.2 Å². The lowest BCUT2D eigenvalue weighted by Gasteiger charge is -2.14. The zero-order chi connectivity index (χ0) is 25.8. The first-order valence-electron chi connectivity index (χ1n) is 11.2. The third-order valence-corrected chi connectivity index (χ3v) is 6.79. The van der Waals surface area contributed by atoms with Crippen LogP contribution in [0.3, 0.4) is 0 Å². The Morgan fingerprint density at radius 1 is 1.03 bits per heavy atom. The Hall–Kier alpha value is -4.41. The Labute approximate surface area is 220 Å². The first-order valence-corrected chi connectivity index (χ1v) is 12.4. The van der Waals surface area contributed by atoms with Crippen LogP contribution in [0, 0.1) is 0 Å². The molecule has 0 unspecified atom stereocenters. The summed E-state index contributed by atoms with van der Waals surface area (Å²) in [5.41, 5.74) is 2.38. The highest BCUT2D eigenvalue weighted by atomic mass is 35.5. The van der Waals surface area contributed by atoms with Crippen molar-refractivity contribution in [3.8, 4) is 11.4 Å². The van der Waals surface area contributed by atoms with Crippen LogP contribution in [0.5, 0.6) is 0 Å². The standard InChI is InChI=1S/C26H19ClN6O3S/c27-24-9-8-23(37-24)22(34)7-4-18-16-33(31-30-18)21-6-5-19(32-14-2-1-3-25(32)35)15-20(21)29-26(36)17-10-12-28-13-11-17/h1-3,5-6,8-16H,4,7H2,(H,29,36). The Balaban J connectivity index is 1.44. The van der Waals surface area contributed by atoms with Crippen LogP contribution in [-0.2, 0) is 6.42 Å². The van der Waals surface area contributed by atoms with Crippen molar-refractivity contribution in [3.63, 3.8) is 0 Å². The quantitative estimate of drug-likeness (QED) is 0.293. The van der Waals surface area contributed by atoms with Gasteiger partial charge in [0.25, 0.3) is 11.5 Å². The third kappa shape index (κ3) is 5.55. The van der Waals surface area contributed by atoms with Gasteiger partial charge in [-0.25, -0.2) is 4.68 Å². The molecule has 0 fully saturated rings. The van der Waals surface area contributed by atoms with Crippen molar-refractivity contribution < 1.29 is 9.59 Å². The predicted octanol–water partition coefficient (Wildman–Crippen LogP) is 4.60. The number of ketones is 1. The van der Waals surface area contributed by atoms with E-state index in [9.17, 15) is 14.4 Å². The number of nitrogens with zero attached hydrogens (tertiary/aromatic N) is 5. The van der Waals surface area contributed by atoms with Crippen molar-refractivity contribution in [3.05, 3.63) is 116 Å². The fourth-order valence-corrected chi connectivity index (χ4v) is 4.68. The van der Waals surface area contributed by atoms with E-state index in [0.717, 1.165) is 0 Å². The van der Waals surface area contributed by atoms with Crippen molar-refractivity contribution in [2.45, 2.75) is 12.8 Å². The first kappa shape index (κ1) is 24.3. The molecule has 5 rings (SSSR count). The molecule has 0 saturated heterocycles. The molecule has 0 aliphatic carbocycles. The van der Waals surface area contributed by atoms with Gasteiger partial charge >= 0.3 is 0 Å². The highest BCUT2D eigenvalue weighted by molar-refractivity contribution is 7.18. The number of rotatable bonds is 8. The second kappa shape index (κ2) is 10.7. The highest BCUT2D eigenvalue weighted by Gasteiger charge is 2.15. The predicted molar refractivity (Wildman–Crippen MR) is 141 cm³/mol. The molecule has 1 amide bonds. The van der Waals surface area contributed by atoms with Gasteiger partial charge in [-0.2, -0.15) is 0 Å². The molecule has 0 spiro atoms. The van der Waals surface area contributed by atoms with Gasteiger partial charge in [-0.1, -0.05) is 22.9 Å². The molecule has 4 heterocycles. The van der Waals surface area contributed by atoms with E-state index in [-0.39, 0.29) is 23.7 Å². The molecule has 5 aromatic rings. The Morgan fingerprint density at radius 3 is 2.62 bits per heavy atom. The minimum atomic E-state index is -0.346. The fraction of sp³-hybridized carbons (Fsp3) is 0.0769. The van der Waals surface area contributed by atoms with Gasteiger partial charge in [0.15, 0.2) is 5.78 Å². The van der Waals surface area contributed by atoms with Crippen molar-refractivity contribution in [1.29, 1.82) is 0 Å². The zero-order valence-corrected chi connectivity index (χ0v) is 20.8. The molecule has 1 aromatic carbocycles. The summed E-state index contributed by atoms with van der Waals surface area (Å²) < 4.78 is 3.57. The molecule has 1 N–H and O–H groups in total. The summed E-state index contributed by atoms with van der Waals surface area (Å²) in [4.78, 5) is 42.3. The molecule has 4 aromatic heterocycles.